The lowest BCUT2D eigenvalue weighted by Gasteiger charge is -2.07. The van der Waals surface area contributed by atoms with Gasteiger partial charge < -0.3 is 15.2 Å². The van der Waals surface area contributed by atoms with Gasteiger partial charge in [0, 0.05) is 5.69 Å². The van der Waals surface area contributed by atoms with Crippen LogP contribution in [0.3, 0.4) is 0 Å². The second-order valence-electron chi connectivity index (χ2n) is 3.92. The fraction of sp³-hybridized carbons (Fsp3) is 0.133. The zero-order chi connectivity index (χ0) is 13.5. The molecule has 98 valence electrons. The third-order valence-electron chi connectivity index (χ3n) is 2.47. The first kappa shape index (κ1) is 13.0. The molecule has 0 spiro atoms. The normalized spacial score (nSPS) is 9.89. The lowest BCUT2D eigenvalue weighted by atomic mass is 10.2. The molecule has 0 fully saturated rings. The van der Waals surface area contributed by atoms with Gasteiger partial charge in [-0.3, -0.25) is 0 Å². The Hall–Kier alpha value is -2.49. The second kappa shape index (κ2) is 6.44. The zero-order valence-corrected chi connectivity index (χ0v) is 10.4. The van der Waals surface area contributed by atoms with E-state index in [1.165, 1.54) is 0 Å². The van der Waals surface area contributed by atoms with Crippen molar-refractivity contribution in [3.05, 3.63) is 60.2 Å². The number of benzene rings is 2. The Labute approximate surface area is 111 Å². The van der Waals surface area contributed by atoms with Crippen LogP contribution in [0.4, 0.5) is 5.69 Å². The van der Waals surface area contributed by atoms with Crippen molar-refractivity contribution in [1.82, 2.24) is 0 Å². The van der Waals surface area contributed by atoms with Crippen LogP contribution in [-0.2, 0) is 4.74 Å². The van der Waals surface area contributed by atoms with Crippen molar-refractivity contribution in [2.45, 2.75) is 0 Å². The average Bonchev–Trinajstić information content (AvgIpc) is 2.46. The minimum absolute atomic E-state index is 0.206. The van der Waals surface area contributed by atoms with Gasteiger partial charge in [-0.25, -0.2) is 4.79 Å². The molecule has 0 aliphatic heterocycles. The van der Waals surface area contributed by atoms with Gasteiger partial charge in [-0.2, -0.15) is 0 Å². The summed E-state index contributed by atoms with van der Waals surface area (Å²) in [5.74, 6) is 0.353. The molecule has 0 aromatic heterocycles. The topological polar surface area (TPSA) is 61.6 Å². The number of nitrogens with two attached hydrogens (primary N) is 1. The summed E-state index contributed by atoms with van der Waals surface area (Å²) in [5.41, 5.74) is 6.78. The van der Waals surface area contributed by atoms with Gasteiger partial charge in [0.05, 0.1) is 5.56 Å². The van der Waals surface area contributed by atoms with E-state index in [9.17, 15) is 4.79 Å². The molecule has 2 rings (SSSR count). The molecule has 2 N–H and O–H groups in total. The minimum atomic E-state index is -0.346. The molecule has 4 nitrogen and oxygen atoms in total. The number of esters is 1. The molecule has 0 saturated heterocycles. The number of ether oxygens (including phenoxy) is 2. The van der Waals surface area contributed by atoms with E-state index in [1.807, 2.05) is 6.07 Å². The SMILES string of the molecule is Nc1ccc(OCCOC(=O)c2ccccc2)cc1. The Morgan fingerprint density at radius 3 is 2.32 bits per heavy atom. The Morgan fingerprint density at radius 1 is 0.947 bits per heavy atom. The molecule has 0 aliphatic rings. The number of carbonyl (C=O) groups is 1. The molecule has 0 radical (unpaired) electrons. The Bertz CT molecular complexity index is 523. The van der Waals surface area contributed by atoms with E-state index in [4.69, 9.17) is 15.2 Å². The van der Waals surface area contributed by atoms with Crippen LogP contribution < -0.4 is 10.5 Å². The Morgan fingerprint density at radius 2 is 1.63 bits per heavy atom. The Balaban J connectivity index is 1.72. The highest BCUT2D eigenvalue weighted by Crippen LogP contribution is 2.12. The molecule has 0 saturated carbocycles. The van der Waals surface area contributed by atoms with E-state index in [2.05, 4.69) is 0 Å². The maximum Gasteiger partial charge on any atom is 0.338 e. The molecule has 2 aromatic carbocycles. The lowest BCUT2D eigenvalue weighted by molar-refractivity contribution is 0.0450. The van der Waals surface area contributed by atoms with Crippen molar-refractivity contribution in [3.8, 4) is 5.75 Å². The molecule has 0 heterocycles. The summed E-state index contributed by atoms with van der Waals surface area (Å²) in [6.07, 6.45) is 0. The highest BCUT2D eigenvalue weighted by molar-refractivity contribution is 5.89. The molecule has 0 amide bonds. The first-order chi connectivity index (χ1) is 9.25. The van der Waals surface area contributed by atoms with E-state index < -0.39 is 0 Å². The molecular formula is C15H15NO3. The fourth-order valence-electron chi connectivity index (χ4n) is 1.52. The summed E-state index contributed by atoms with van der Waals surface area (Å²) >= 11 is 0. The van der Waals surface area contributed by atoms with Gasteiger partial charge in [0.25, 0.3) is 0 Å². The number of hydrogen-bond donors (Lipinski definition) is 1. The van der Waals surface area contributed by atoms with Crippen LogP contribution in [0.25, 0.3) is 0 Å². The molecule has 0 unspecified atom stereocenters. The predicted molar refractivity (Wildman–Crippen MR) is 73.1 cm³/mol. The van der Waals surface area contributed by atoms with Crippen LogP contribution in [0.15, 0.2) is 54.6 Å². The van der Waals surface area contributed by atoms with Gasteiger partial charge in [0.1, 0.15) is 19.0 Å². The van der Waals surface area contributed by atoms with Crippen molar-refractivity contribution in [1.29, 1.82) is 0 Å². The van der Waals surface area contributed by atoms with Crippen molar-refractivity contribution >= 4 is 11.7 Å². The molecular weight excluding hydrogens is 242 g/mol. The number of rotatable bonds is 5. The fourth-order valence-corrected chi connectivity index (χ4v) is 1.52. The average molecular weight is 257 g/mol. The second-order valence-corrected chi connectivity index (χ2v) is 3.92. The van der Waals surface area contributed by atoms with E-state index in [1.54, 1.807) is 48.5 Å². The Kier molecular flexibility index (Phi) is 4.39. The summed E-state index contributed by atoms with van der Waals surface area (Å²) in [7, 11) is 0. The molecule has 0 bridgehead atoms. The molecule has 4 heteroatoms. The van der Waals surface area contributed by atoms with E-state index >= 15 is 0 Å². The molecule has 0 atom stereocenters. The monoisotopic (exact) mass is 257 g/mol. The van der Waals surface area contributed by atoms with E-state index in [0.29, 0.717) is 23.6 Å². The van der Waals surface area contributed by atoms with Gasteiger partial charge in [0.2, 0.25) is 0 Å². The molecule has 2 aromatic rings. The number of nitrogen functional groups attached to an aromatic ring is 1. The number of hydrogen-bond acceptors (Lipinski definition) is 4. The largest absolute Gasteiger partial charge is 0.490 e. The highest BCUT2D eigenvalue weighted by Gasteiger charge is 2.05. The first-order valence-electron chi connectivity index (χ1n) is 5.96. The zero-order valence-electron chi connectivity index (χ0n) is 10.4. The molecule has 0 aliphatic carbocycles. The minimum Gasteiger partial charge on any atom is -0.490 e. The lowest BCUT2D eigenvalue weighted by Crippen LogP contribution is -2.12. The van der Waals surface area contributed by atoms with Crippen LogP contribution in [0.2, 0.25) is 0 Å². The van der Waals surface area contributed by atoms with Crippen LogP contribution in [0, 0.1) is 0 Å². The van der Waals surface area contributed by atoms with Crippen LogP contribution in [0.5, 0.6) is 5.75 Å². The smallest absolute Gasteiger partial charge is 0.338 e. The standard InChI is InChI=1S/C15H15NO3/c16-13-6-8-14(9-7-13)18-10-11-19-15(17)12-4-2-1-3-5-12/h1-9H,10-11,16H2. The van der Waals surface area contributed by atoms with Crippen LogP contribution >= 0.6 is 0 Å². The third-order valence-corrected chi connectivity index (χ3v) is 2.47. The summed E-state index contributed by atoms with van der Waals surface area (Å²) in [4.78, 5) is 11.6. The van der Waals surface area contributed by atoms with Gasteiger partial charge in [-0.15, -0.1) is 0 Å². The highest BCUT2D eigenvalue weighted by atomic mass is 16.6. The van der Waals surface area contributed by atoms with Crippen LogP contribution in [0.1, 0.15) is 10.4 Å². The first-order valence-corrected chi connectivity index (χ1v) is 5.96. The van der Waals surface area contributed by atoms with Gasteiger partial charge in [-0.1, -0.05) is 18.2 Å². The molecule has 19 heavy (non-hydrogen) atoms. The predicted octanol–water partition coefficient (Wildman–Crippen LogP) is 2.50. The number of carbonyl (C=O) groups excluding carboxylic acids is 1. The summed E-state index contributed by atoms with van der Waals surface area (Å²) in [6, 6.07) is 15.9. The van der Waals surface area contributed by atoms with Crippen molar-refractivity contribution in [3.63, 3.8) is 0 Å². The quantitative estimate of drug-likeness (QED) is 0.508. The summed E-state index contributed by atoms with van der Waals surface area (Å²) < 4.78 is 10.5. The third kappa shape index (κ3) is 4.03. The van der Waals surface area contributed by atoms with Gasteiger partial charge in [-0.05, 0) is 36.4 Å². The van der Waals surface area contributed by atoms with Crippen molar-refractivity contribution in [2.75, 3.05) is 18.9 Å². The van der Waals surface area contributed by atoms with Gasteiger partial charge >= 0.3 is 5.97 Å². The van der Waals surface area contributed by atoms with E-state index in [0.717, 1.165) is 0 Å². The summed E-state index contributed by atoms with van der Waals surface area (Å²) in [5, 5.41) is 0. The van der Waals surface area contributed by atoms with Crippen LogP contribution in [-0.4, -0.2) is 19.2 Å². The van der Waals surface area contributed by atoms with Crippen molar-refractivity contribution < 1.29 is 14.3 Å². The maximum absolute atomic E-state index is 11.6. The van der Waals surface area contributed by atoms with E-state index in [-0.39, 0.29) is 12.6 Å². The number of anilines is 1. The maximum atomic E-state index is 11.6. The van der Waals surface area contributed by atoms with Gasteiger partial charge in [0.15, 0.2) is 0 Å². The summed E-state index contributed by atoms with van der Waals surface area (Å²) in [6.45, 7) is 0.514. The van der Waals surface area contributed by atoms with Crippen molar-refractivity contribution in [2.24, 2.45) is 0 Å².